The van der Waals surface area contributed by atoms with Crippen LogP contribution in [0.4, 0.5) is 0 Å². The Morgan fingerprint density at radius 1 is 1.17 bits per heavy atom. The van der Waals surface area contributed by atoms with Gasteiger partial charge in [0.15, 0.2) is 0 Å². The maximum absolute atomic E-state index is 2.74. The molecule has 1 unspecified atom stereocenters. The third-order valence-corrected chi connectivity index (χ3v) is 3.69. The van der Waals surface area contributed by atoms with Crippen LogP contribution in [0.15, 0.2) is 0 Å². The molecule has 0 radical (unpaired) electrons. The van der Waals surface area contributed by atoms with Crippen molar-refractivity contribution in [2.45, 2.75) is 51.5 Å². The summed E-state index contributed by atoms with van der Waals surface area (Å²) < 4.78 is 0. The van der Waals surface area contributed by atoms with Crippen molar-refractivity contribution in [2.75, 3.05) is 13.1 Å². The largest absolute Gasteiger partial charge is 0.300 e. The second-order valence-corrected chi connectivity index (χ2v) is 4.50. The van der Waals surface area contributed by atoms with Gasteiger partial charge in [0.1, 0.15) is 0 Å². The molecule has 0 N–H and O–H groups in total. The van der Waals surface area contributed by atoms with E-state index in [0.717, 1.165) is 12.0 Å². The van der Waals surface area contributed by atoms with Crippen molar-refractivity contribution >= 4 is 0 Å². The Kier molecular flexibility index (Phi) is 2.69. The monoisotopic (exact) mass is 167 g/mol. The fourth-order valence-electron chi connectivity index (χ4n) is 2.60. The summed E-state index contributed by atoms with van der Waals surface area (Å²) in [5.74, 6) is 1.07. The third kappa shape index (κ3) is 1.66. The minimum absolute atomic E-state index is 0.936. The van der Waals surface area contributed by atoms with E-state index in [1.807, 2.05) is 0 Å². The van der Waals surface area contributed by atoms with Crippen LogP contribution in [-0.2, 0) is 0 Å². The van der Waals surface area contributed by atoms with Crippen LogP contribution >= 0.6 is 0 Å². The van der Waals surface area contributed by atoms with Gasteiger partial charge < -0.3 is 4.90 Å². The molecule has 0 aromatic heterocycles. The zero-order valence-corrected chi connectivity index (χ0v) is 8.26. The van der Waals surface area contributed by atoms with Crippen LogP contribution in [-0.4, -0.2) is 24.0 Å². The van der Waals surface area contributed by atoms with E-state index in [2.05, 4.69) is 11.8 Å². The highest BCUT2D eigenvalue weighted by molar-refractivity contribution is 4.82. The van der Waals surface area contributed by atoms with Gasteiger partial charge in [-0.1, -0.05) is 13.3 Å². The van der Waals surface area contributed by atoms with Crippen LogP contribution in [0.5, 0.6) is 0 Å². The molecule has 0 amide bonds. The molecule has 0 spiro atoms. The molecule has 1 heterocycles. The molecule has 0 bridgehead atoms. The first kappa shape index (κ1) is 8.55. The fraction of sp³-hybridized carbons (Fsp3) is 1.00. The van der Waals surface area contributed by atoms with Crippen LogP contribution in [0, 0.1) is 5.92 Å². The normalized spacial score (nSPS) is 32.2. The SMILES string of the molecule is CCC1CCCN1CC1CCC1. The molecule has 0 aromatic carbocycles. The van der Waals surface area contributed by atoms with E-state index < -0.39 is 0 Å². The molecule has 12 heavy (non-hydrogen) atoms. The molecule has 2 rings (SSSR count). The number of rotatable bonds is 3. The van der Waals surface area contributed by atoms with Gasteiger partial charge in [0, 0.05) is 12.6 Å². The van der Waals surface area contributed by atoms with Gasteiger partial charge in [-0.3, -0.25) is 0 Å². The maximum Gasteiger partial charge on any atom is 0.00932 e. The topological polar surface area (TPSA) is 3.24 Å². The van der Waals surface area contributed by atoms with Crippen LogP contribution in [0.2, 0.25) is 0 Å². The Balaban J connectivity index is 1.77. The Morgan fingerprint density at radius 3 is 2.58 bits per heavy atom. The highest BCUT2D eigenvalue weighted by Gasteiger charge is 2.27. The van der Waals surface area contributed by atoms with Gasteiger partial charge in [-0.2, -0.15) is 0 Å². The zero-order valence-electron chi connectivity index (χ0n) is 8.26. The van der Waals surface area contributed by atoms with Crippen LogP contribution in [0.1, 0.15) is 45.4 Å². The Labute approximate surface area is 76.1 Å². The quantitative estimate of drug-likeness (QED) is 0.624. The van der Waals surface area contributed by atoms with E-state index in [1.165, 1.54) is 51.6 Å². The molecule has 1 aliphatic carbocycles. The van der Waals surface area contributed by atoms with E-state index in [4.69, 9.17) is 0 Å². The predicted molar refractivity (Wildman–Crippen MR) is 52.2 cm³/mol. The van der Waals surface area contributed by atoms with Crippen LogP contribution < -0.4 is 0 Å². The van der Waals surface area contributed by atoms with E-state index >= 15 is 0 Å². The highest BCUT2D eigenvalue weighted by atomic mass is 15.2. The first-order valence-electron chi connectivity index (χ1n) is 5.64. The summed E-state index contributed by atoms with van der Waals surface area (Å²) in [5.41, 5.74) is 0. The first-order valence-corrected chi connectivity index (χ1v) is 5.64. The highest BCUT2D eigenvalue weighted by Crippen LogP contribution is 2.30. The maximum atomic E-state index is 2.74. The van der Waals surface area contributed by atoms with Crippen LogP contribution in [0.3, 0.4) is 0 Å². The van der Waals surface area contributed by atoms with E-state index in [1.54, 1.807) is 0 Å². The summed E-state index contributed by atoms with van der Waals surface area (Å²) in [7, 11) is 0. The minimum Gasteiger partial charge on any atom is -0.300 e. The molecular formula is C11H21N. The second kappa shape index (κ2) is 3.78. The number of likely N-dealkylation sites (tertiary alicyclic amines) is 1. The zero-order chi connectivity index (χ0) is 8.39. The molecule has 1 nitrogen and oxygen atoms in total. The molecule has 1 atom stereocenters. The molecule has 70 valence electrons. The average Bonchev–Trinajstić information content (AvgIpc) is 2.43. The lowest BCUT2D eigenvalue weighted by Gasteiger charge is -2.33. The summed E-state index contributed by atoms with van der Waals surface area (Å²) in [6.45, 7) is 5.14. The van der Waals surface area contributed by atoms with Crippen molar-refractivity contribution in [1.29, 1.82) is 0 Å². The van der Waals surface area contributed by atoms with Crippen LogP contribution in [0.25, 0.3) is 0 Å². The first-order chi connectivity index (χ1) is 5.90. The van der Waals surface area contributed by atoms with Crippen molar-refractivity contribution in [2.24, 2.45) is 5.92 Å². The van der Waals surface area contributed by atoms with Gasteiger partial charge >= 0.3 is 0 Å². The van der Waals surface area contributed by atoms with Gasteiger partial charge in [0.05, 0.1) is 0 Å². The standard InChI is InChI=1S/C11H21N/c1-2-11-7-4-8-12(11)9-10-5-3-6-10/h10-11H,2-9H2,1H3. The van der Waals surface area contributed by atoms with Crippen molar-refractivity contribution < 1.29 is 0 Å². The predicted octanol–water partition coefficient (Wildman–Crippen LogP) is 2.66. The summed E-state index contributed by atoms with van der Waals surface area (Å²) >= 11 is 0. The summed E-state index contributed by atoms with van der Waals surface area (Å²) in [4.78, 5) is 2.74. The van der Waals surface area contributed by atoms with Crippen molar-refractivity contribution in [3.63, 3.8) is 0 Å². The number of hydrogen-bond acceptors (Lipinski definition) is 1. The molecule has 1 aliphatic heterocycles. The van der Waals surface area contributed by atoms with Crippen molar-refractivity contribution in [3.05, 3.63) is 0 Å². The Bertz CT molecular complexity index is 140. The average molecular weight is 167 g/mol. The Morgan fingerprint density at radius 2 is 2.00 bits per heavy atom. The van der Waals surface area contributed by atoms with Gasteiger partial charge in [-0.15, -0.1) is 0 Å². The second-order valence-electron chi connectivity index (χ2n) is 4.50. The lowest BCUT2D eigenvalue weighted by atomic mass is 9.85. The fourth-order valence-corrected chi connectivity index (χ4v) is 2.60. The summed E-state index contributed by atoms with van der Waals surface area (Å²) in [5, 5.41) is 0. The van der Waals surface area contributed by atoms with Gasteiger partial charge in [-0.25, -0.2) is 0 Å². The molecule has 1 saturated heterocycles. The summed E-state index contributed by atoms with van der Waals surface area (Å²) in [6.07, 6.45) is 8.79. The molecule has 1 saturated carbocycles. The van der Waals surface area contributed by atoms with Crippen molar-refractivity contribution in [1.82, 2.24) is 4.90 Å². The van der Waals surface area contributed by atoms with Gasteiger partial charge in [0.25, 0.3) is 0 Å². The van der Waals surface area contributed by atoms with E-state index in [9.17, 15) is 0 Å². The molecule has 2 aliphatic rings. The lowest BCUT2D eigenvalue weighted by molar-refractivity contribution is 0.164. The third-order valence-electron chi connectivity index (χ3n) is 3.69. The molecular weight excluding hydrogens is 146 g/mol. The minimum atomic E-state index is 0.936. The van der Waals surface area contributed by atoms with E-state index in [0.29, 0.717) is 0 Å². The van der Waals surface area contributed by atoms with Gasteiger partial charge in [-0.05, 0) is 44.6 Å². The molecule has 1 heteroatoms. The molecule has 2 fully saturated rings. The van der Waals surface area contributed by atoms with E-state index in [-0.39, 0.29) is 0 Å². The molecule has 0 aromatic rings. The van der Waals surface area contributed by atoms with Gasteiger partial charge in [0.2, 0.25) is 0 Å². The van der Waals surface area contributed by atoms with Crippen molar-refractivity contribution in [3.8, 4) is 0 Å². The number of hydrogen-bond donors (Lipinski definition) is 0. The summed E-state index contributed by atoms with van der Waals surface area (Å²) in [6, 6.07) is 0.936. The Hall–Kier alpha value is -0.0400. The number of nitrogens with zero attached hydrogens (tertiary/aromatic N) is 1. The smallest absolute Gasteiger partial charge is 0.00932 e. The lowest BCUT2D eigenvalue weighted by Crippen LogP contribution is -2.35.